The number of aromatic nitrogens is 3. The van der Waals surface area contributed by atoms with Crippen molar-refractivity contribution in [2.24, 2.45) is 0 Å². The Hall–Kier alpha value is -0.940. The predicted octanol–water partition coefficient (Wildman–Crippen LogP) is 2.96. The van der Waals surface area contributed by atoms with Gasteiger partial charge in [-0.1, -0.05) is 19.0 Å². The van der Waals surface area contributed by atoms with E-state index in [4.69, 9.17) is 16.1 Å². The summed E-state index contributed by atoms with van der Waals surface area (Å²) in [6, 6.07) is 0. The van der Waals surface area contributed by atoms with Crippen molar-refractivity contribution >= 4 is 22.9 Å². The zero-order valence-corrected chi connectivity index (χ0v) is 9.47. The molecule has 0 spiro atoms. The summed E-state index contributed by atoms with van der Waals surface area (Å²) in [5.74, 6) is 1.18. The van der Waals surface area contributed by atoms with Crippen LogP contribution in [0.15, 0.2) is 16.1 Å². The van der Waals surface area contributed by atoms with Crippen molar-refractivity contribution in [3.8, 4) is 10.9 Å². The summed E-state index contributed by atoms with van der Waals surface area (Å²) in [5.41, 5.74) is 0. The fraction of sp³-hybridized carbons (Fsp3) is 0.375. The van der Waals surface area contributed by atoms with Gasteiger partial charge in [0.25, 0.3) is 5.89 Å². The highest BCUT2D eigenvalue weighted by atomic mass is 35.5. The van der Waals surface area contributed by atoms with E-state index in [9.17, 15) is 0 Å². The van der Waals surface area contributed by atoms with E-state index in [1.807, 2.05) is 19.2 Å². The second-order valence-electron chi connectivity index (χ2n) is 1.99. The maximum atomic E-state index is 5.50. The Morgan fingerprint density at radius 2 is 2.29 bits per heavy atom. The number of thiazole rings is 1. The van der Waals surface area contributed by atoms with E-state index in [1.54, 1.807) is 6.20 Å². The summed E-state index contributed by atoms with van der Waals surface area (Å²) in [5, 5.41) is 6.21. The molecule has 2 heterocycles. The standard InChI is InChI=1S/C6H4ClN3OS.C2H6/c7-3-4-9-5(11-10-4)6-8-1-2-12-6;1-2/h1-2H,3H2;1-2H3. The second-order valence-corrected chi connectivity index (χ2v) is 3.15. The second kappa shape index (κ2) is 5.72. The summed E-state index contributed by atoms with van der Waals surface area (Å²) in [4.78, 5) is 8.02. The van der Waals surface area contributed by atoms with Crippen LogP contribution < -0.4 is 0 Å². The molecule has 0 aliphatic heterocycles. The van der Waals surface area contributed by atoms with Crippen LogP contribution in [-0.4, -0.2) is 15.1 Å². The van der Waals surface area contributed by atoms with Crippen LogP contribution in [0.5, 0.6) is 0 Å². The van der Waals surface area contributed by atoms with Crippen molar-refractivity contribution in [1.82, 2.24) is 15.1 Å². The molecule has 0 N–H and O–H groups in total. The van der Waals surface area contributed by atoms with Crippen molar-refractivity contribution in [3.63, 3.8) is 0 Å². The van der Waals surface area contributed by atoms with Gasteiger partial charge in [-0.05, 0) is 0 Å². The number of alkyl halides is 1. The molecule has 0 saturated heterocycles. The van der Waals surface area contributed by atoms with Gasteiger partial charge in [-0.25, -0.2) is 4.98 Å². The minimum Gasteiger partial charge on any atom is -0.331 e. The number of halogens is 1. The van der Waals surface area contributed by atoms with Gasteiger partial charge in [0.05, 0.1) is 5.88 Å². The molecular formula is C8H10ClN3OS. The summed E-state index contributed by atoms with van der Waals surface area (Å²) in [6.07, 6.45) is 1.69. The first kappa shape index (κ1) is 11.1. The molecule has 0 amide bonds. The van der Waals surface area contributed by atoms with E-state index >= 15 is 0 Å². The van der Waals surface area contributed by atoms with Crippen LogP contribution in [0.3, 0.4) is 0 Å². The lowest BCUT2D eigenvalue weighted by Gasteiger charge is -1.80. The minimum absolute atomic E-state index is 0.259. The molecule has 0 aromatic carbocycles. The number of hydrogen-bond acceptors (Lipinski definition) is 5. The third-order valence-corrected chi connectivity index (χ3v) is 2.20. The highest BCUT2D eigenvalue weighted by molar-refractivity contribution is 7.12. The zero-order valence-electron chi connectivity index (χ0n) is 7.90. The largest absolute Gasteiger partial charge is 0.331 e. The van der Waals surface area contributed by atoms with E-state index in [1.165, 1.54) is 11.3 Å². The lowest BCUT2D eigenvalue weighted by Crippen LogP contribution is -1.79. The molecule has 0 aliphatic rings. The molecule has 2 aromatic heterocycles. The molecule has 6 heteroatoms. The average Bonchev–Trinajstić information content (AvgIpc) is 2.91. The predicted molar refractivity (Wildman–Crippen MR) is 56.3 cm³/mol. The van der Waals surface area contributed by atoms with Crippen molar-refractivity contribution in [3.05, 3.63) is 17.4 Å². The van der Waals surface area contributed by atoms with Crippen LogP contribution in [0.1, 0.15) is 19.7 Å². The quantitative estimate of drug-likeness (QED) is 0.746. The monoisotopic (exact) mass is 231 g/mol. The summed E-state index contributed by atoms with van der Waals surface area (Å²) >= 11 is 6.95. The molecule has 2 aromatic rings. The highest BCUT2D eigenvalue weighted by Gasteiger charge is 2.09. The Balaban J connectivity index is 0.000000461. The Morgan fingerprint density at radius 3 is 2.79 bits per heavy atom. The molecule has 0 saturated carbocycles. The van der Waals surface area contributed by atoms with Crippen LogP contribution in [-0.2, 0) is 5.88 Å². The Morgan fingerprint density at radius 1 is 1.50 bits per heavy atom. The molecule has 0 aliphatic carbocycles. The smallest absolute Gasteiger partial charge is 0.286 e. The van der Waals surface area contributed by atoms with Gasteiger partial charge in [0.1, 0.15) is 0 Å². The third kappa shape index (κ3) is 2.52. The van der Waals surface area contributed by atoms with Crippen molar-refractivity contribution in [1.29, 1.82) is 0 Å². The van der Waals surface area contributed by atoms with Gasteiger partial charge in [-0.3, -0.25) is 0 Å². The summed E-state index contributed by atoms with van der Waals surface area (Å²) in [7, 11) is 0. The molecule has 4 nitrogen and oxygen atoms in total. The fourth-order valence-electron chi connectivity index (χ4n) is 0.724. The maximum absolute atomic E-state index is 5.50. The van der Waals surface area contributed by atoms with E-state index < -0.39 is 0 Å². The first-order chi connectivity index (χ1) is 6.90. The van der Waals surface area contributed by atoms with Crippen LogP contribution in [0, 0.1) is 0 Å². The molecule has 76 valence electrons. The van der Waals surface area contributed by atoms with E-state index in [0.29, 0.717) is 11.7 Å². The zero-order chi connectivity index (χ0) is 10.4. The lowest BCUT2D eigenvalue weighted by atomic mass is 10.6. The van der Waals surface area contributed by atoms with Gasteiger partial charge in [0.2, 0.25) is 0 Å². The average molecular weight is 232 g/mol. The molecule has 0 radical (unpaired) electrons. The van der Waals surface area contributed by atoms with Crippen LogP contribution in [0.4, 0.5) is 0 Å². The van der Waals surface area contributed by atoms with Crippen molar-refractivity contribution in [2.75, 3.05) is 0 Å². The van der Waals surface area contributed by atoms with Crippen molar-refractivity contribution in [2.45, 2.75) is 19.7 Å². The molecule has 2 rings (SSSR count). The third-order valence-electron chi connectivity index (χ3n) is 1.20. The Labute approximate surface area is 90.9 Å². The molecule has 0 fully saturated rings. The van der Waals surface area contributed by atoms with E-state index in [2.05, 4.69) is 15.1 Å². The minimum atomic E-state index is 0.259. The lowest BCUT2D eigenvalue weighted by molar-refractivity contribution is 0.425. The first-order valence-corrected chi connectivity index (χ1v) is 5.60. The summed E-state index contributed by atoms with van der Waals surface area (Å²) < 4.78 is 4.90. The van der Waals surface area contributed by atoms with Crippen LogP contribution in [0.2, 0.25) is 0 Å². The Bertz CT molecular complexity index is 360. The highest BCUT2D eigenvalue weighted by Crippen LogP contribution is 2.19. The molecular weight excluding hydrogens is 222 g/mol. The van der Waals surface area contributed by atoms with Gasteiger partial charge in [-0.15, -0.1) is 22.9 Å². The van der Waals surface area contributed by atoms with Gasteiger partial charge < -0.3 is 4.52 Å². The molecule has 0 atom stereocenters. The van der Waals surface area contributed by atoms with Crippen LogP contribution in [0.25, 0.3) is 10.9 Å². The topological polar surface area (TPSA) is 51.8 Å². The Kier molecular flexibility index (Phi) is 4.55. The van der Waals surface area contributed by atoms with E-state index in [-0.39, 0.29) is 5.88 Å². The van der Waals surface area contributed by atoms with E-state index in [0.717, 1.165) is 5.01 Å². The molecule has 14 heavy (non-hydrogen) atoms. The number of rotatable bonds is 2. The first-order valence-electron chi connectivity index (χ1n) is 4.18. The van der Waals surface area contributed by atoms with Gasteiger partial charge in [0, 0.05) is 11.6 Å². The van der Waals surface area contributed by atoms with Gasteiger partial charge >= 0.3 is 0 Å². The molecule has 0 unspecified atom stereocenters. The van der Waals surface area contributed by atoms with Crippen LogP contribution >= 0.6 is 22.9 Å². The maximum Gasteiger partial charge on any atom is 0.286 e. The normalized spacial score (nSPS) is 9.36. The van der Waals surface area contributed by atoms with Gasteiger partial charge in [0.15, 0.2) is 10.8 Å². The summed E-state index contributed by atoms with van der Waals surface area (Å²) in [6.45, 7) is 4.00. The fourth-order valence-corrected chi connectivity index (χ4v) is 1.39. The number of hydrogen-bond donors (Lipinski definition) is 0. The van der Waals surface area contributed by atoms with Gasteiger partial charge in [-0.2, -0.15) is 4.98 Å². The molecule has 0 bridgehead atoms. The van der Waals surface area contributed by atoms with Crippen molar-refractivity contribution < 1.29 is 4.52 Å². The SMILES string of the molecule is CC.ClCc1noc(-c2nccs2)n1. The number of nitrogens with zero attached hydrogens (tertiary/aromatic N) is 3.